The van der Waals surface area contributed by atoms with Crippen LogP contribution in [0.3, 0.4) is 0 Å². The summed E-state index contributed by atoms with van der Waals surface area (Å²) in [6, 6.07) is 26.3. The maximum Gasteiger partial charge on any atom is 0.347 e. The molecule has 1 radical (unpaired) electrons. The van der Waals surface area contributed by atoms with Gasteiger partial charge in [0.05, 0.1) is 16.0 Å². The second kappa shape index (κ2) is 15.6. The maximum absolute atomic E-state index is 12.2. The Morgan fingerprint density at radius 2 is 1.31 bits per heavy atom. The third-order valence-corrected chi connectivity index (χ3v) is 5.78. The number of non-ortho nitro benzene ring substituents is 1. The molecule has 0 amide bonds. The van der Waals surface area contributed by atoms with Gasteiger partial charge in [0, 0.05) is 57.8 Å². The Labute approximate surface area is 248 Å². The second-order valence-corrected chi connectivity index (χ2v) is 8.25. The van der Waals surface area contributed by atoms with Gasteiger partial charge in [-0.3, -0.25) is 24.9 Å². The van der Waals surface area contributed by atoms with Gasteiger partial charge < -0.3 is 20.8 Å². The SMILES string of the molecule is O.O.O.O=C(/C=C/c1ccc([N+](=O)[O-])cc1)c1cc2ccccc2oc1=O.[Cu].c1cnc2c(c1)ccc1cccnc12. The average molecular weight is 619 g/mol. The predicted octanol–water partition coefficient (Wildman–Crippen LogP) is 3.90. The number of hydrogen-bond donors (Lipinski definition) is 0. The van der Waals surface area contributed by atoms with Gasteiger partial charge in [-0.2, -0.15) is 0 Å². The van der Waals surface area contributed by atoms with E-state index in [9.17, 15) is 19.7 Å². The molecule has 12 heteroatoms. The van der Waals surface area contributed by atoms with Crippen molar-refractivity contribution in [2.75, 3.05) is 0 Å². The molecule has 6 aromatic rings. The number of fused-ring (bicyclic) bond motifs is 4. The Morgan fingerprint density at radius 3 is 1.88 bits per heavy atom. The van der Waals surface area contributed by atoms with Crippen molar-refractivity contribution in [1.29, 1.82) is 0 Å². The van der Waals surface area contributed by atoms with Gasteiger partial charge in [0.2, 0.25) is 0 Å². The largest absolute Gasteiger partial charge is 0.422 e. The van der Waals surface area contributed by atoms with E-state index >= 15 is 0 Å². The van der Waals surface area contributed by atoms with Crippen molar-refractivity contribution in [1.82, 2.24) is 9.97 Å². The van der Waals surface area contributed by atoms with Crippen LogP contribution in [0.15, 0.2) is 119 Å². The zero-order valence-electron chi connectivity index (χ0n) is 21.7. The summed E-state index contributed by atoms with van der Waals surface area (Å²) in [5, 5.41) is 13.5. The molecule has 0 saturated heterocycles. The van der Waals surface area contributed by atoms with Crippen molar-refractivity contribution in [3.05, 3.63) is 141 Å². The van der Waals surface area contributed by atoms with E-state index in [1.54, 1.807) is 36.7 Å². The molecule has 6 rings (SSSR count). The predicted molar refractivity (Wildman–Crippen MR) is 157 cm³/mol. The summed E-state index contributed by atoms with van der Waals surface area (Å²) < 4.78 is 5.12. The van der Waals surface area contributed by atoms with Crippen LogP contribution < -0.4 is 5.63 Å². The molecule has 0 aliphatic rings. The van der Waals surface area contributed by atoms with E-state index in [1.807, 2.05) is 12.1 Å². The number of hydrogen-bond acceptors (Lipinski definition) is 7. The molecule has 0 aliphatic carbocycles. The standard InChI is InChI=1S/C18H11NO5.C12H8N2.Cu.3H2O/c20-16(10-7-12-5-8-14(9-6-12)19(22)23)15-11-13-3-1-2-4-17(13)24-18(15)21;1-3-9-5-6-10-4-2-8-14-12(10)11(9)13-7-1;;;;/h1-11H;1-8H;;3*1H2/b10-7+;;;;;. The fourth-order valence-electron chi connectivity index (χ4n) is 3.88. The van der Waals surface area contributed by atoms with Gasteiger partial charge in [0.25, 0.3) is 5.69 Å². The number of benzene rings is 3. The molecule has 42 heavy (non-hydrogen) atoms. The number of nitro groups is 1. The minimum Gasteiger partial charge on any atom is -0.422 e. The number of para-hydroxylation sites is 1. The molecule has 3 aromatic carbocycles. The molecule has 0 unspecified atom stereocenters. The molecule has 3 aromatic heterocycles. The van der Waals surface area contributed by atoms with E-state index < -0.39 is 16.3 Å². The van der Waals surface area contributed by atoms with Gasteiger partial charge in [-0.05, 0) is 48.0 Å². The zero-order chi connectivity index (χ0) is 26.5. The minimum absolute atomic E-state index is 0. The van der Waals surface area contributed by atoms with Crippen molar-refractivity contribution in [2.45, 2.75) is 0 Å². The first kappa shape index (κ1) is 34.9. The summed E-state index contributed by atoms with van der Waals surface area (Å²) in [5.41, 5.74) is 2.18. The van der Waals surface area contributed by atoms with Gasteiger partial charge in [-0.25, -0.2) is 4.79 Å². The van der Waals surface area contributed by atoms with Gasteiger partial charge >= 0.3 is 5.63 Å². The first-order valence-corrected chi connectivity index (χ1v) is 11.6. The molecule has 11 nitrogen and oxygen atoms in total. The number of ketones is 1. The van der Waals surface area contributed by atoms with E-state index in [-0.39, 0.29) is 44.7 Å². The number of allylic oxidation sites excluding steroid dienone is 1. The van der Waals surface area contributed by atoms with Gasteiger partial charge in [-0.15, -0.1) is 0 Å². The Kier molecular flexibility index (Phi) is 13.0. The molecular formula is C30H25CuN3O8. The molecule has 3 heterocycles. The molecule has 0 aliphatic heterocycles. The van der Waals surface area contributed by atoms with E-state index in [0.717, 1.165) is 21.8 Å². The quantitative estimate of drug-likeness (QED) is 0.0540. The fourth-order valence-corrected chi connectivity index (χ4v) is 3.88. The van der Waals surface area contributed by atoms with E-state index in [1.165, 1.54) is 42.5 Å². The first-order valence-electron chi connectivity index (χ1n) is 11.6. The molecule has 0 atom stereocenters. The Morgan fingerprint density at radius 1 is 0.762 bits per heavy atom. The summed E-state index contributed by atoms with van der Waals surface area (Å²) >= 11 is 0. The van der Waals surface area contributed by atoms with Crippen LogP contribution in [0.4, 0.5) is 5.69 Å². The number of aromatic nitrogens is 2. The third-order valence-electron chi connectivity index (χ3n) is 5.78. The summed E-state index contributed by atoms with van der Waals surface area (Å²) in [6.45, 7) is 0. The normalized spacial score (nSPS) is 9.90. The van der Waals surface area contributed by atoms with E-state index in [0.29, 0.717) is 16.5 Å². The molecule has 219 valence electrons. The number of rotatable bonds is 4. The van der Waals surface area contributed by atoms with Gasteiger partial charge in [0.15, 0.2) is 5.78 Å². The number of carbonyl (C=O) groups is 1. The van der Waals surface area contributed by atoms with Crippen LogP contribution in [0.2, 0.25) is 0 Å². The smallest absolute Gasteiger partial charge is 0.347 e. The molecule has 6 N–H and O–H groups in total. The Balaban J connectivity index is 0.000000423. The summed E-state index contributed by atoms with van der Waals surface area (Å²) in [5.74, 6) is -0.493. The van der Waals surface area contributed by atoms with E-state index in [4.69, 9.17) is 4.42 Å². The Bertz CT molecular complexity index is 1850. The average Bonchev–Trinajstić information content (AvgIpc) is 2.96. The van der Waals surface area contributed by atoms with Crippen molar-refractivity contribution < 1.29 is 47.6 Å². The van der Waals surface area contributed by atoms with Crippen molar-refractivity contribution in [2.24, 2.45) is 0 Å². The summed E-state index contributed by atoms with van der Waals surface area (Å²) in [7, 11) is 0. The van der Waals surface area contributed by atoms with Crippen LogP contribution in [0, 0.1) is 10.1 Å². The molecule has 0 fully saturated rings. The van der Waals surface area contributed by atoms with Crippen molar-refractivity contribution >= 4 is 50.3 Å². The Hall–Kier alpha value is -5.10. The van der Waals surface area contributed by atoms with Crippen molar-refractivity contribution in [3.8, 4) is 0 Å². The monoisotopic (exact) mass is 618 g/mol. The zero-order valence-corrected chi connectivity index (χ0v) is 22.6. The van der Waals surface area contributed by atoms with Crippen LogP contribution >= 0.6 is 0 Å². The van der Waals surface area contributed by atoms with Crippen LogP contribution in [0.1, 0.15) is 15.9 Å². The topological polar surface area (TPSA) is 211 Å². The number of pyridine rings is 2. The summed E-state index contributed by atoms with van der Waals surface area (Å²) in [4.78, 5) is 42.9. The van der Waals surface area contributed by atoms with Crippen LogP contribution in [0.25, 0.3) is 38.9 Å². The van der Waals surface area contributed by atoms with E-state index in [2.05, 4.69) is 34.2 Å². The summed E-state index contributed by atoms with van der Waals surface area (Å²) in [6.07, 6.45) is 6.33. The van der Waals surface area contributed by atoms with Crippen LogP contribution in [-0.2, 0) is 17.1 Å². The maximum atomic E-state index is 12.2. The number of nitro benzene ring substituents is 1. The van der Waals surface area contributed by atoms with Crippen LogP contribution in [-0.4, -0.2) is 37.1 Å². The fraction of sp³-hybridized carbons (Fsp3) is 0. The molecule has 0 saturated carbocycles. The molecular weight excluding hydrogens is 594 g/mol. The van der Waals surface area contributed by atoms with Gasteiger partial charge in [-0.1, -0.05) is 48.5 Å². The first-order chi connectivity index (χ1) is 18.5. The molecule has 0 bridgehead atoms. The number of nitrogens with zero attached hydrogens (tertiary/aromatic N) is 3. The van der Waals surface area contributed by atoms with Crippen LogP contribution in [0.5, 0.6) is 0 Å². The van der Waals surface area contributed by atoms with Crippen molar-refractivity contribution in [3.63, 3.8) is 0 Å². The number of carbonyl (C=O) groups excluding carboxylic acids is 1. The molecule has 0 spiro atoms. The van der Waals surface area contributed by atoms with Gasteiger partial charge in [0.1, 0.15) is 11.1 Å². The minimum atomic E-state index is -0.702. The third kappa shape index (κ3) is 7.76. The second-order valence-electron chi connectivity index (χ2n) is 8.25.